The Bertz CT molecular complexity index is 749. The predicted molar refractivity (Wildman–Crippen MR) is 95.5 cm³/mol. The zero-order valence-electron chi connectivity index (χ0n) is 14.8. The van der Waals surface area contributed by atoms with Crippen molar-refractivity contribution < 1.29 is 23.5 Å². The Hall–Kier alpha value is -2.89. The molecule has 6 heteroatoms. The van der Waals surface area contributed by atoms with Crippen LogP contribution in [-0.2, 0) is 9.53 Å². The summed E-state index contributed by atoms with van der Waals surface area (Å²) < 4.78 is 23.7. The monoisotopic (exact) mass is 359 g/mol. The van der Waals surface area contributed by atoms with E-state index >= 15 is 0 Å². The van der Waals surface area contributed by atoms with E-state index in [1.54, 1.807) is 0 Å². The highest BCUT2D eigenvalue weighted by Gasteiger charge is 2.18. The molecule has 5 nitrogen and oxygen atoms in total. The lowest BCUT2D eigenvalue weighted by Gasteiger charge is -2.18. The topological polar surface area (TPSA) is 64.6 Å². The molecule has 2 aromatic carbocycles. The average molecular weight is 359 g/mol. The van der Waals surface area contributed by atoms with Crippen molar-refractivity contribution in [3.8, 4) is 5.75 Å². The van der Waals surface area contributed by atoms with Crippen LogP contribution in [0, 0.1) is 5.82 Å². The molecule has 0 unspecified atom stereocenters. The van der Waals surface area contributed by atoms with Crippen LogP contribution in [0.15, 0.2) is 48.5 Å². The van der Waals surface area contributed by atoms with E-state index in [-0.39, 0.29) is 11.6 Å². The molecule has 26 heavy (non-hydrogen) atoms. The molecule has 2 rings (SSSR count). The van der Waals surface area contributed by atoms with Gasteiger partial charge in [0.15, 0.2) is 6.61 Å². The molecule has 0 aliphatic rings. The summed E-state index contributed by atoms with van der Waals surface area (Å²) in [6.07, 6.45) is 1.65. The highest BCUT2D eigenvalue weighted by Crippen LogP contribution is 2.19. The lowest BCUT2D eigenvalue weighted by molar-refractivity contribution is -0.125. The molecule has 1 amide bonds. The summed E-state index contributed by atoms with van der Waals surface area (Å²) in [4.78, 5) is 24.1. The van der Waals surface area contributed by atoms with Crippen LogP contribution in [0.25, 0.3) is 0 Å². The number of esters is 1. The van der Waals surface area contributed by atoms with Crippen LogP contribution in [0.5, 0.6) is 5.75 Å². The molecular weight excluding hydrogens is 337 g/mol. The van der Waals surface area contributed by atoms with Gasteiger partial charge in [-0.3, -0.25) is 4.79 Å². The van der Waals surface area contributed by atoms with Crippen molar-refractivity contribution in [1.29, 1.82) is 0 Å². The molecule has 0 fully saturated rings. The number of rotatable bonds is 8. The first kappa shape index (κ1) is 19.4. The fourth-order valence-corrected chi connectivity index (χ4v) is 2.53. The van der Waals surface area contributed by atoms with Crippen LogP contribution in [-0.4, -0.2) is 25.6 Å². The van der Waals surface area contributed by atoms with Gasteiger partial charge in [-0.2, -0.15) is 0 Å². The van der Waals surface area contributed by atoms with Gasteiger partial charge in [-0.25, -0.2) is 9.18 Å². The molecule has 1 N–H and O–H groups in total. The third-order valence-electron chi connectivity index (χ3n) is 3.85. The lowest BCUT2D eigenvalue weighted by Crippen LogP contribution is -2.32. The molecule has 0 radical (unpaired) electrons. The second-order valence-corrected chi connectivity index (χ2v) is 5.74. The number of nitrogens with one attached hydrogen (secondary N) is 1. The van der Waals surface area contributed by atoms with Gasteiger partial charge in [-0.05, 0) is 24.1 Å². The Kier molecular flexibility index (Phi) is 7.14. The Morgan fingerprint density at radius 2 is 1.88 bits per heavy atom. The van der Waals surface area contributed by atoms with E-state index in [0.29, 0.717) is 5.75 Å². The quantitative estimate of drug-likeness (QED) is 0.731. The summed E-state index contributed by atoms with van der Waals surface area (Å²) in [5.74, 6) is -1.80. The first-order valence-electron chi connectivity index (χ1n) is 8.40. The van der Waals surface area contributed by atoms with Crippen molar-refractivity contribution >= 4 is 11.9 Å². The summed E-state index contributed by atoms with van der Waals surface area (Å²) in [6.45, 7) is 1.55. The van der Waals surface area contributed by atoms with Crippen molar-refractivity contribution in [3.63, 3.8) is 0 Å². The largest absolute Gasteiger partial charge is 0.497 e. The maximum absolute atomic E-state index is 13.9. The number of amides is 1. The molecule has 0 aromatic heterocycles. The zero-order chi connectivity index (χ0) is 18.9. The average Bonchev–Trinajstić information content (AvgIpc) is 2.66. The van der Waals surface area contributed by atoms with Gasteiger partial charge >= 0.3 is 5.97 Å². The fraction of sp³-hybridized carbons (Fsp3) is 0.300. The summed E-state index contributed by atoms with van der Waals surface area (Å²) in [5.41, 5.74) is 0.738. The van der Waals surface area contributed by atoms with E-state index in [4.69, 9.17) is 9.47 Å². The minimum absolute atomic E-state index is 0.162. The number of ether oxygens (including phenoxy) is 2. The van der Waals surface area contributed by atoms with E-state index in [1.165, 1.54) is 19.2 Å². The highest BCUT2D eigenvalue weighted by atomic mass is 19.1. The molecule has 0 spiro atoms. The molecule has 0 heterocycles. The molecule has 0 saturated heterocycles. The molecule has 0 aliphatic carbocycles. The second-order valence-electron chi connectivity index (χ2n) is 5.74. The first-order chi connectivity index (χ1) is 12.5. The number of methoxy groups -OCH3 is 1. The number of carbonyl (C=O) groups excluding carboxylic acids is 2. The maximum atomic E-state index is 13.9. The van der Waals surface area contributed by atoms with Crippen molar-refractivity contribution in [2.24, 2.45) is 0 Å². The standard InChI is InChI=1S/C20H22FNO4/c1-3-7-18(14-8-5-4-6-9-14)22-19(23)13-26-20(24)16-11-10-15(25-2)12-17(16)21/h4-6,8-12,18H,3,7,13H2,1-2H3,(H,22,23)/t18-/m1/s1. The molecule has 1 atom stereocenters. The highest BCUT2D eigenvalue weighted by molar-refractivity contribution is 5.91. The van der Waals surface area contributed by atoms with Gasteiger partial charge < -0.3 is 14.8 Å². The second kappa shape index (κ2) is 9.56. The minimum atomic E-state index is -0.896. The fourth-order valence-electron chi connectivity index (χ4n) is 2.53. The van der Waals surface area contributed by atoms with Crippen LogP contribution in [0.2, 0.25) is 0 Å². The van der Waals surface area contributed by atoms with E-state index in [1.807, 2.05) is 37.3 Å². The van der Waals surface area contributed by atoms with Crippen molar-refractivity contribution in [2.45, 2.75) is 25.8 Å². The van der Waals surface area contributed by atoms with Crippen LogP contribution in [0.3, 0.4) is 0 Å². The molecule has 0 saturated carbocycles. The third kappa shape index (κ3) is 5.31. The van der Waals surface area contributed by atoms with E-state index < -0.39 is 24.3 Å². The smallest absolute Gasteiger partial charge is 0.341 e. The Morgan fingerprint density at radius 1 is 1.15 bits per heavy atom. The normalized spacial score (nSPS) is 11.5. The van der Waals surface area contributed by atoms with Gasteiger partial charge in [0, 0.05) is 6.07 Å². The summed E-state index contributed by atoms with van der Waals surface area (Å²) in [5, 5.41) is 2.84. The van der Waals surface area contributed by atoms with Crippen molar-refractivity contribution in [1.82, 2.24) is 5.32 Å². The first-order valence-corrected chi connectivity index (χ1v) is 8.40. The minimum Gasteiger partial charge on any atom is -0.497 e. The van der Waals surface area contributed by atoms with Gasteiger partial charge in [0.05, 0.1) is 18.7 Å². The SMILES string of the molecule is CCC[C@@H](NC(=O)COC(=O)c1ccc(OC)cc1F)c1ccccc1. The third-order valence-corrected chi connectivity index (χ3v) is 3.85. The van der Waals surface area contributed by atoms with Crippen LogP contribution < -0.4 is 10.1 Å². The lowest BCUT2D eigenvalue weighted by atomic mass is 10.0. The predicted octanol–water partition coefficient (Wildman–Crippen LogP) is 3.65. The van der Waals surface area contributed by atoms with E-state index in [0.717, 1.165) is 24.5 Å². The van der Waals surface area contributed by atoms with Crippen LogP contribution >= 0.6 is 0 Å². The molecular formula is C20H22FNO4. The Morgan fingerprint density at radius 3 is 2.50 bits per heavy atom. The Balaban J connectivity index is 1.93. The van der Waals surface area contributed by atoms with Crippen molar-refractivity contribution in [2.75, 3.05) is 13.7 Å². The number of hydrogen-bond acceptors (Lipinski definition) is 4. The summed E-state index contributed by atoms with van der Waals surface area (Å²) in [7, 11) is 1.40. The van der Waals surface area contributed by atoms with E-state index in [2.05, 4.69) is 5.32 Å². The van der Waals surface area contributed by atoms with Crippen molar-refractivity contribution in [3.05, 3.63) is 65.5 Å². The summed E-state index contributed by atoms with van der Waals surface area (Å²) in [6, 6.07) is 13.2. The number of carbonyl (C=O) groups is 2. The van der Waals surface area contributed by atoms with Gasteiger partial charge in [0.2, 0.25) is 0 Å². The number of hydrogen-bond donors (Lipinski definition) is 1. The summed E-state index contributed by atoms with van der Waals surface area (Å²) >= 11 is 0. The van der Waals surface area contributed by atoms with Crippen LogP contribution in [0.1, 0.15) is 41.7 Å². The molecule has 0 aliphatic heterocycles. The Labute approximate surface area is 152 Å². The van der Waals surface area contributed by atoms with Gasteiger partial charge in [-0.1, -0.05) is 43.7 Å². The van der Waals surface area contributed by atoms with Gasteiger partial charge in [0.1, 0.15) is 11.6 Å². The maximum Gasteiger partial charge on any atom is 0.341 e. The molecule has 2 aromatic rings. The zero-order valence-corrected chi connectivity index (χ0v) is 14.8. The number of halogens is 1. The number of benzene rings is 2. The van der Waals surface area contributed by atoms with Gasteiger partial charge in [-0.15, -0.1) is 0 Å². The van der Waals surface area contributed by atoms with E-state index in [9.17, 15) is 14.0 Å². The van der Waals surface area contributed by atoms with Gasteiger partial charge in [0.25, 0.3) is 5.91 Å². The van der Waals surface area contributed by atoms with Crippen LogP contribution in [0.4, 0.5) is 4.39 Å². The molecule has 138 valence electrons. The molecule has 0 bridgehead atoms.